The third-order valence-corrected chi connectivity index (χ3v) is 5.05. The predicted octanol–water partition coefficient (Wildman–Crippen LogP) is 0.986. The second-order valence-corrected chi connectivity index (χ2v) is 7.27. The molecule has 1 aromatic heterocycles. The first-order valence-corrected chi connectivity index (χ1v) is 10.1. The van der Waals surface area contributed by atoms with Gasteiger partial charge < -0.3 is 20.4 Å². The molecule has 168 valence electrons. The molecule has 0 bridgehead atoms. The lowest BCUT2D eigenvalue weighted by molar-refractivity contribution is -0.145. The summed E-state index contributed by atoms with van der Waals surface area (Å²) in [5.74, 6) is 3.32. The minimum absolute atomic E-state index is 0.223. The molecule has 0 fully saturated rings. The Morgan fingerprint density at radius 1 is 0.969 bits per heavy atom. The monoisotopic (exact) mass is 438 g/mol. The Balaban J connectivity index is 1.79. The zero-order chi connectivity index (χ0) is 22.9. The molecular weight excluding hydrogens is 412 g/mol. The summed E-state index contributed by atoms with van der Waals surface area (Å²) in [5.41, 5.74) is 2.62. The van der Waals surface area contributed by atoms with Crippen LogP contribution in [0.3, 0.4) is 0 Å². The summed E-state index contributed by atoms with van der Waals surface area (Å²) >= 11 is 0. The molecule has 1 heterocycles. The van der Waals surface area contributed by atoms with E-state index in [-0.39, 0.29) is 12.8 Å². The molecule has 3 aromatic rings. The predicted molar refractivity (Wildman–Crippen MR) is 118 cm³/mol. The molecule has 0 unspecified atom stereocenters. The molecule has 9 nitrogen and oxygen atoms in total. The van der Waals surface area contributed by atoms with Gasteiger partial charge in [0.05, 0.1) is 7.11 Å². The number of H-pyrrole nitrogens is 1. The molecule has 0 spiro atoms. The van der Waals surface area contributed by atoms with E-state index in [1.807, 2.05) is 54.6 Å². The summed E-state index contributed by atoms with van der Waals surface area (Å²) in [7, 11) is 1.26. The van der Waals surface area contributed by atoms with Gasteiger partial charge in [-0.2, -0.15) is 0 Å². The Labute approximate surface area is 185 Å². The second kappa shape index (κ2) is 11.1. The number of carbonyl (C=O) groups excluding carboxylic acids is 3. The summed E-state index contributed by atoms with van der Waals surface area (Å²) < 4.78 is 4.90. The summed E-state index contributed by atoms with van der Waals surface area (Å²) in [4.78, 5) is 45.1. The van der Waals surface area contributed by atoms with Crippen LogP contribution < -0.4 is 16.5 Å². The minimum Gasteiger partial charge on any atom is -0.467 e. The van der Waals surface area contributed by atoms with Gasteiger partial charge in [-0.3, -0.25) is 14.4 Å². The number of aromatic nitrogens is 1. The van der Waals surface area contributed by atoms with Gasteiger partial charge in [0.15, 0.2) is 0 Å². The lowest BCUT2D eigenvalue weighted by atomic mass is 10.0. The number of ether oxygens (including phenoxy) is 1. The number of amides is 2. The molecular formula is C23H26N4O5. The van der Waals surface area contributed by atoms with Gasteiger partial charge in [-0.05, 0) is 17.2 Å². The van der Waals surface area contributed by atoms with Gasteiger partial charge in [0.1, 0.15) is 18.7 Å². The quantitative estimate of drug-likeness (QED) is 0.275. The molecule has 3 rings (SSSR count). The fraction of sp³-hybridized carbons (Fsp3) is 0.261. The normalized spacial score (nSPS) is 12.7. The molecule has 2 aromatic carbocycles. The molecule has 2 amide bonds. The Bertz CT molecular complexity index is 1070. The first-order valence-electron chi connectivity index (χ1n) is 10.1. The maximum Gasteiger partial charge on any atom is 0.328 e. The van der Waals surface area contributed by atoms with Gasteiger partial charge in [-0.25, -0.2) is 10.7 Å². The van der Waals surface area contributed by atoms with Crippen molar-refractivity contribution in [2.24, 2.45) is 5.90 Å². The minimum atomic E-state index is -0.937. The third kappa shape index (κ3) is 5.93. The molecule has 0 aliphatic carbocycles. The van der Waals surface area contributed by atoms with Crippen LogP contribution in [-0.4, -0.2) is 48.6 Å². The SMILES string of the molecule is COC(=O)[C@H](Cc1c[nH]c2ccccc12)NC(=O)[C@H](Cc1ccccc1)NC(=O)CON. The third-order valence-electron chi connectivity index (χ3n) is 5.05. The van der Waals surface area contributed by atoms with Gasteiger partial charge in [-0.15, -0.1) is 0 Å². The smallest absolute Gasteiger partial charge is 0.328 e. The van der Waals surface area contributed by atoms with Crippen molar-refractivity contribution >= 4 is 28.7 Å². The zero-order valence-corrected chi connectivity index (χ0v) is 17.7. The Hall–Kier alpha value is -3.69. The highest BCUT2D eigenvalue weighted by Gasteiger charge is 2.28. The molecule has 2 atom stereocenters. The molecule has 9 heteroatoms. The van der Waals surface area contributed by atoms with Crippen molar-refractivity contribution in [3.8, 4) is 0 Å². The standard InChI is InChI=1S/C23H26N4O5/c1-31-23(30)20(12-16-13-25-18-10-6-5-9-17(16)18)27-22(29)19(26-21(28)14-32-24)11-15-7-3-2-4-8-15/h2-10,13,19-20,25H,11-12,14,24H2,1H3,(H,26,28)(H,27,29)/t19-,20-/m0/s1. The largest absolute Gasteiger partial charge is 0.467 e. The van der Waals surface area contributed by atoms with E-state index in [2.05, 4.69) is 20.5 Å². The van der Waals surface area contributed by atoms with Crippen LogP contribution in [0.15, 0.2) is 60.8 Å². The van der Waals surface area contributed by atoms with Gasteiger partial charge in [0.2, 0.25) is 11.8 Å². The summed E-state index contributed by atoms with van der Waals surface area (Å²) in [6.07, 6.45) is 2.25. The van der Waals surface area contributed by atoms with Crippen LogP contribution in [0.1, 0.15) is 11.1 Å². The van der Waals surface area contributed by atoms with Crippen LogP contribution in [-0.2, 0) is 36.8 Å². The van der Waals surface area contributed by atoms with Crippen molar-refractivity contribution in [1.29, 1.82) is 0 Å². The first kappa shape index (κ1) is 23.0. The van der Waals surface area contributed by atoms with E-state index in [0.29, 0.717) is 0 Å². The van der Waals surface area contributed by atoms with Crippen molar-refractivity contribution in [2.45, 2.75) is 24.9 Å². The van der Waals surface area contributed by atoms with Crippen LogP contribution in [0.2, 0.25) is 0 Å². The number of fused-ring (bicyclic) bond motifs is 1. The number of esters is 1. The lowest BCUT2D eigenvalue weighted by Gasteiger charge is -2.22. The fourth-order valence-corrected chi connectivity index (χ4v) is 3.50. The fourth-order valence-electron chi connectivity index (χ4n) is 3.50. The number of benzene rings is 2. The Morgan fingerprint density at radius 3 is 2.41 bits per heavy atom. The van der Waals surface area contributed by atoms with Crippen molar-refractivity contribution < 1.29 is 24.0 Å². The van der Waals surface area contributed by atoms with Crippen LogP contribution in [0, 0.1) is 0 Å². The molecule has 0 aliphatic rings. The number of nitrogens with one attached hydrogen (secondary N) is 3. The number of hydrogen-bond donors (Lipinski definition) is 4. The maximum absolute atomic E-state index is 13.1. The van der Waals surface area contributed by atoms with Crippen molar-refractivity contribution in [1.82, 2.24) is 15.6 Å². The number of aromatic amines is 1. The number of carbonyl (C=O) groups is 3. The van der Waals surface area contributed by atoms with E-state index >= 15 is 0 Å². The average molecular weight is 438 g/mol. The summed E-state index contributed by atoms with van der Waals surface area (Å²) in [6, 6.07) is 15.0. The van der Waals surface area contributed by atoms with E-state index in [0.717, 1.165) is 22.0 Å². The van der Waals surface area contributed by atoms with E-state index in [9.17, 15) is 14.4 Å². The van der Waals surface area contributed by atoms with Gasteiger partial charge in [0, 0.05) is 29.9 Å². The van der Waals surface area contributed by atoms with Crippen LogP contribution in [0.4, 0.5) is 0 Å². The van der Waals surface area contributed by atoms with Gasteiger partial charge in [-0.1, -0.05) is 48.5 Å². The van der Waals surface area contributed by atoms with E-state index < -0.39 is 36.5 Å². The number of nitrogens with two attached hydrogens (primary N) is 1. The van der Waals surface area contributed by atoms with Gasteiger partial charge in [0.25, 0.3) is 0 Å². The maximum atomic E-state index is 13.1. The number of hydrogen-bond acceptors (Lipinski definition) is 6. The van der Waals surface area contributed by atoms with E-state index in [1.165, 1.54) is 7.11 Å². The van der Waals surface area contributed by atoms with Crippen molar-refractivity contribution in [3.63, 3.8) is 0 Å². The zero-order valence-electron chi connectivity index (χ0n) is 17.7. The molecule has 0 aliphatic heterocycles. The number of methoxy groups -OCH3 is 1. The van der Waals surface area contributed by atoms with Crippen LogP contribution in [0.5, 0.6) is 0 Å². The molecule has 32 heavy (non-hydrogen) atoms. The van der Waals surface area contributed by atoms with E-state index in [1.54, 1.807) is 6.20 Å². The van der Waals surface area contributed by atoms with Crippen LogP contribution >= 0.6 is 0 Å². The topological polar surface area (TPSA) is 136 Å². The first-order chi connectivity index (χ1) is 15.5. The molecule has 5 N–H and O–H groups in total. The van der Waals surface area contributed by atoms with Gasteiger partial charge >= 0.3 is 5.97 Å². The Kier molecular flexibility index (Phi) is 7.96. The molecule has 0 saturated heterocycles. The number of para-hydroxylation sites is 1. The summed E-state index contributed by atoms with van der Waals surface area (Å²) in [5, 5.41) is 6.28. The lowest BCUT2D eigenvalue weighted by Crippen LogP contribution is -2.53. The second-order valence-electron chi connectivity index (χ2n) is 7.27. The molecule has 0 saturated carbocycles. The molecule has 0 radical (unpaired) electrons. The summed E-state index contributed by atoms with van der Waals surface area (Å²) in [6.45, 7) is -0.395. The number of rotatable bonds is 10. The van der Waals surface area contributed by atoms with Crippen LogP contribution in [0.25, 0.3) is 10.9 Å². The highest BCUT2D eigenvalue weighted by Crippen LogP contribution is 2.19. The Morgan fingerprint density at radius 2 is 1.69 bits per heavy atom. The highest BCUT2D eigenvalue weighted by atomic mass is 16.6. The van der Waals surface area contributed by atoms with Crippen molar-refractivity contribution in [2.75, 3.05) is 13.7 Å². The van der Waals surface area contributed by atoms with E-state index in [4.69, 9.17) is 10.6 Å². The highest BCUT2D eigenvalue weighted by molar-refractivity contribution is 5.92. The van der Waals surface area contributed by atoms with Crippen molar-refractivity contribution in [3.05, 3.63) is 71.9 Å². The average Bonchev–Trinajstić information content (AvgIpc) is 3.21.